The Hall–Kier alpha value is -0.590. The third-order valence-corrected chi connectivity index (χ3v) is 2.90. The van der Waals surface area contributed by atoms with Gasteiger partial charge in [-0.05, 0) is 44.1 Å². The van der Waals surface area contributed by atoms with Gasteiger partial charge in [0.05, 0.1) is 0 Å². The van der Waals surface area contributed by atoms with E-state index in [1.54, 1.807) is 0 Å². The van der Waals surface area contributed by atoms with Crippen LogP contribution in [0.2, 0.25) is 0 Å². The molecule has 1 unspecified atom stereocenters. The fourth-order valence-electron chi connectivity index (χ4n) is 2.08. The Morgan fingerprint density at radius 3 is 2.92 bits per heavy atom. The lowest BCUT2D eigenvalue weighted by Gasteiger charge is -2.23. The van der Waals surface area contributed by atoms with Crippen molar-refractivity contribution in [2.75, 3.05) is 0 Å². The lowest BCUT2D eigenvalue weighted by atomic mass is 9.82. The average Bonchev–Trinajstić information content (AvgIpc) is 2.09. The van der Waals surface area contributed by atoms with Gasteiger partial charge in [0, 0.05) is 0 Å². The molecule has 1 aliphatic carbocycles. The molecule has 0 radical (unpaired) electrons. The van der Waals surface area contributed by atoms with E-state index in [1.165, 1.54) is 31.3 Å². The Morgan fingerprint density at radius 1 is 1.58 bits per heavy atom. The van der Waals surface area contributed by atoms with E-state index in [0.717, 1.165) is 18.3 Å². The van der Waals surface area contributed by atoms with Gasteiger partial charge in [0.2, 0.25) is 0 Å². The molecule has 0 amide bonds. The zero-order chi connectivity index (χ0) is 8.97. The minimum Gasteiger partial charge on any atom is -0.298 e. The van der Waals surface area contributed by atoms with Crippen LogP contribution in [0.4, 0.5) is 0 Å². The van der Waals surface area contributed by atoms with Crippen LogP contribution in [0.15, 0.2) is 11.1 Å². The fraction of sp³-hybridized carbons (Fsp3) is 0.727. The van der Waals surface area contributed by atoms with E-state index in [-0.39, 0.29) is 0 Å². The molecule has 12 heavy (non-hydrogen) atoms. The Bertz CT molecular complexity index is 191. The molecule has 1 atom stereocenters. The van der Waals surface area contributed by atoms with E-state index in [9.17, 15) is 4.79 Å². The van der Waals surface area contributed by atoms with Crippen molar-refractivity contribution in [3.05, 3.63) is 11.1 Å². The summed E-state index contributed by atoms with van der Waals surface area (Å²) in [6, 6.07) is 0. The Balaban J connectivity index is 2.70. The second-order valence-electron chi connectivity index (χ2n) is 3.70. The van der Waals surface area contributed by atoms with Gasteiger partial charge in [-0.3, -0.25) is 4.79 Å². The summed E-state index contributed by atoms with van der Waals surface area (Å²) < 4.78 is 0. The molecule has 0 fully saturated rings. The predicted molar refractivity (Wildman–Crippen MR) is 51.0 cm³/mol. The van der Waals surface area contributed by atoms with Crippen molar-refractivity contribution >= 4 is 6.29 Å². The zero-order valence-corrected chi connectivity index (χ0v) is 8.10. The zero-order valence-electron chi connectivity index (χ0n) is 8.10. The molecule has 0 aromatic carbocycles. The van der Waals surface area contributed by atoms with E-state index in [1.807, 2.05) is 0 Å². The van der Waals surface area contributed by atoms with Crippen molar-refractivity contribution < 1.29 is 4.79 Å². The minimum absolute atomic E-state index is 0.698. The van der Waals surface area contributed by atoms with Gasteiger partial charge in [-0.1, -0.05) is 18.9 Å². The van der Waals surface area contributed by atoms with E-state index >= 15 is 0 Å². The van der Waals surface area contributed by atoms with E-state index in [4.69, 9.17) is 0 Å². The molecule has 1 rings (SSSR count). The van der Waals surface area contributed by atoms with Crippen molar-refractivity contribution in [1.29, 1.82) is 0 Å². The predicted octanol–water partition coefficient (Wildman–Crippen LogP) is 3.10. The van der Waals surface area contributed by atoms with Gasteiger partial charge in [-0.25, -0.2) is 0 Å². The number of carbonyl (C=O) groups is 1. The van der Waals surface area contributed by atoms with Crippen molar-refractivity contribution in [2.24, 2.45) is 5.92 Å². The first-order chi connectivity index (χ1) is 5.79. The van der Waals surface area contributed by atoms with Crippen molar-refractivity contribution in [3.63, 3.8) is 0 Å². The SMILES string of the molecule is CCCC1CCCC(C=O)=C1C. The Labute approximate surface area is 74.9 Å². The number of hydrogen-bond donors (Lipinski definition) is 0. The molecule has 0 aromatic heterocycles. The monoisotopic (exact) mass is 166 g/mol. The molecule has 0 aromatic rings. The smallest absolute Gasteiger partial charge is 0.145 e. The van der Waals surface area contributed by atoms with Crippen LogP contribution in [0.25, 0.3) is 0 Å². The normalized spacial score (nSPS) is 24.3. The topological polar surface area (TPSA) is 17.1 Å². The molecule has 1 nitrogen and oxygen atoms in total. The molecule has 0 saturated heterocycles. The highest BCUT2D eigenvalue weighted by molar-refractivity contribution is 5.74. The summed E-state index contributed by atoms with van der Waals surface area (Å²) in [5.74, 6) is 0.698. The van der Waals surface area contributed by atoms with Crippen LogP contribution in [0.3, 0.4) is 0 Å². The lowest BCUT2D eigenvalue weighted by Crippen LogP contribution is -2.10. The van der Waals surface area contributed by atoms with Crippen molar-refractivity contribution in [3.8, 4) is 0 Å². The molecular formula is C11H18O. The van der Waals surface area contributed by atoms with E-state index in [2.05, 4.69) is 13.8 Å². The maximum atomic E-state index is 10.7. The van der Waals surface area contributed by atoms with Gasteiger partial charge in [-0.2, -0.15) is 0 Å². The number of rotatable bonds is 3. The number of carbonyl (C=O) groups excluding carboxylic acids is 1. The summed E-state index contributed by atoms with van der Waals surface area (Å²) in [4.78, 5) is 10.7. The first-order valence-corrected chi connectivity index (χ1v) is 4.94. The van der Waals surface area contributed by atoms with Gasteiger partial charge >= 0.3 is 0 Å². The number of aldehydes is 1. The summed E-state index contributed by atoms with van der Waals surface area (Å²) in [5, 5.41) is 0. The summed E-state index contributed by atoms with van der Waals surface area (Å²) in [6.07, 6.45) is 7.04. The largest absolute Gasteiger partial charge is 0.298 e. The summed E-state index contributed by atoms with van der Waals surface area (Å²) in [7, 11) is 0. The van der Waals surface area contributed by atoms with Gasteiger partial charge in [0.25, 0.3) is 0 Å². The average molecular weight is 166 g/mol. The molecule has 0 bridgehead atoms. The van der Waals surface area contributed by atoms with Crippen LogP contribution in [0, 0.1) is 5.92 Å². The van der Waals surface area contributed by atoms with E-state index < -0.39 is 0 Å². The molecule has 0 heterocycles. The fourth-order valence-corrected chi connectivity index (χ4v) is 2.08. The molecule has 0 N–H and O–H groups in total. The van der Waals surface area contributed by atoms with Crippen LogP contribution in [0.1, 0.15) is 46.0 Å². The maximum absolute atomic E-state index is 10.7. The molecular weight excluding hydrogens is 148 g/mol. The van der Waals surface area contributed by atoms with Gasteiger partial charge in [0.15, 0.2) is 0 Å². The van der Waals surface area contributed by atoms with Crippen molar-refractivity contribution in [1.82, 2.24) is 0 Å². The first kappa shape index (κ1) is 9.50. The third kappa shape index (κ3) is 1.96. The Morgan fingerprint density at radius 2 is 2.33 bits per heavy atom. The highest BCUT2D eigenvalue weighted by Crippen LogP contribution is 2.31. The minimum atomic E-state index is 0.698. The van der Waals surface area contributed by atoms with Crippen LogP contribution in [-0.4, -0.2) is 6.29 Å². The third-order valence-electron chi connectivity index (χ3n) is 2.90. The van der Waals surface area contributed by atoms with Crippen LogP contribution >= 0.6 is 0 Å². The van der Waals surface area contributed by atoms with Crippen molar-refractivity contribution in [2.45, 2.75) is 46.0 Å². The molecule has 0 saturated carbocycles. The summed E-state index contributed by atoms with van der Waals surface area (Å²) in [5.41, 5.74) is 2.43. The lowest BCUT2D eigenvalue weighted by molar-refractivity contribution is -0.105. The molecule has 1 aliphatic rings. The van der Waals surface area contributed by atoms with Gasteiger partial charge < -0.3 is 0 Å². The van der Waals surface area contributed by atoms with E-state index in [0.29, 0.717) is 5.92 Å². The van der Waals surface area contributed by atoms with Gasteiger partial charge in [-0.15, -0.1) is 0 Å². The van der Waals surface area contributed by atoms with Crippen LogP contribution < -0.4 is 0 Å². The molecule has 1 heteroatoms. The quantitative estimate of drug-likeness (QED) is 0.589. The highest BCUT2D eigenvalue weighted by atomic mass is 16.1. The second kappa shape index (κ2) is 4.44. The standard InChI is InChI=1S/C11H18O/c1-3-5-10-6-4-7-11(8-12)9(10)2/h8,10H,3-7H2,1-2H3. The van der Waals surface area contributed by atoms with Gasteiger partial charge in [0.1, 0.15) is 6.29 Å². The second-order valence-corrected chi connectivity index (χ2v) is 3.70. The summed E-state index contributed by atoms with van der Waals surface area (Å²) >= 11 is 0. The molecule has 68 valence electrons. The molecule has 0 spiro atoms. The molecule has 0 aliphatic heterocycles. The highest BCUT2D eigenvalue weighted by Gasteiger charge is 2.18. The number of allylic oxidation sites excluding steroid dienone is 2. The number of hydrogen-bond acceptors (Lipinski definition) is 1. The first-order valence-electron chi connectivity index (χ1n) is 4.94. The Kier molecular flexibility index (Phi) is 3.51. The summed E-state index contributed by atoms with van der Waals surface area (Å²) in [6.45, 7) is 4.34. The van der Waals surface area contributed by atoms with Crippen LogP contribution in [0.5, 0.6) is 0 Å². The van der Waals surface area contributed by atoms with Crippen LogP contribution in [-0.2, 0) is 4.79 Å². The maximum Gasteiger partial charge on any atom is 0.145 e.